The third-order valence-electron chi connectivity index (χ3n) is 3.94. The number of halogens is 1. The quantitative estimate of drug-likeness (QED) is 0.516. The maximum Gasteiger partial charge on any atom is 0.192 e. The molecule has 0 aliphatic rings. The number of carbonyl (C=O) groups is 1. The minimum absolute atomic E-state index is 0.213. The zero-order valence-corrected chi connectivity index (χ0v) is 13.7. The van der Waals surface area contributed by atoms with Gasteiger partial charge in [0.05, 0.1) is 5.92 Å². The molecule has 0 aliphatic heterocycles. The van der Waals surface area contributed by atoms with Crippen molar-refractivity contribution in [2.24, 2.45) is 0 Å². The summed E-state index contributed by atoms with van der Waals surface area (Å²) in [5, 5.41) is 0.661. The van der Waals surface area contributed by atoms with E-state index in [1.54, 1.807) is 0 Å². The van der Waals surface area contributed by atoms with Gasteiger partial charge in [-0.25, -0.2) is 0 Å². The van der Waals surface area contributed by atoms with Crippen molar-refractivity contribution in [3.63, 3.8) is 0 Å². The van der Waals surface area contributed by atoms with Gasteiger partial charge in [-0.3, -0.25) is 0 Å². The molecular formula is C15H23ClO2Si. The molecule has 0 heterocycles. The molecule has 0 saturated heterocycles. The zero-order chi connectivity index (χ0) is 14.3. The summed E-state index contributed by atoms with van der Waals surface area (Å²) in [7, 11) is -1.63. The zero-order valence-electron chi connectivity index (χ0n) is 12.0. The Bertz CT molecular complexity index is 397. The molecule has 0 aliphatic carbocycles. The predicted octanol–water partition coefficient (Wildman–Crippen LogP) is 4.64. The first-order valence-electron chi connectivity index (χ1n) is 6.95. The second-order valence-corrected chi connectivity index (χ2v) is 10.1. The predicted molar refractivity (Wildman–Crippen MR) is 83.4 cm³/mol. The van der Waals surface area contributed by atoms with Gasteiger partial charge in [0.2, 0.25) is 0 Å². The first-order chi connectivity index (χ1) is 9.10. The van der Waals surface area contributed by atoms with Crippen molar-refractivity contribution in [3.05, 3.63) is 34.9 Å². The van der Waals surface area contributed by atoms with E-state index in [-0.39, 0.29) is 5.92 Å². The van der Waals surface area contributed by atoms with Gasteiger partial charge in [-0.2, -0.15) is 0 Å². The summed E-state index contributed by atoms with van der Waals surface area (Å²) in [6.07, 6.45) is 0.964. The van der Waals surface area contributed by atoms with Crippen molar-refractivity contribution < 1.29 is 9.22 Å². The van der Waals surface area contributed by atoms with E-state index in [0.29, 0.717) is 11.6 Å². The van der Waals surface area contributed by atoms with Crippen LogP contribution >= 0.6 is 11.6 Å². The van der Waals surface area contributed by atoms with Crippen LogP contribution in [0.15, 0.2) is 24.3 Å². The van der Waals surface area contributed by atoms with E-state index in [1.807, 2.05) is 24.3 Å². The summed E-state index contributed by atoms with van der Waals surface area (Å²) >= 11 is 5.97. The molecule has 1 rings (SSSR count). The standard InChI is InChI=1S/C15H23ClO2Si/c1-4-19(5-2,6-3)18-12-14(11-17)13-8-7-9-15(16)10-13/h7-11,14H,4-6,12H2,1-3H3/t14-/m0/s1. The average molecular weight is 299 g/mol. The molecule has 106 valence electrons. The second-order valence-electron chi connectivity index (χ2n) is 4.85. The Balaban J connectivity index is 2.75. The highest BCUT2D eigenvalue weighted by Crippen LogP contribution is 2.25. The highest BCUT2D eigenvalue weighted by Gasteiger charge is 2.29. The maximum atomic E-state index is 11.3. The fourth-order valence-corrected chi connectivity index (χ4v) is 5.12. The fourth-order valence-electron chi connectivity index (χ4n) is 2.27. The van der Waals surface area contributed by atoms with Gasteiger partial charge in [0, 0.05) is 11.6 Å². The van der Waals surface area contributed by atoms with Gasteiger partial charge in [0.1, 0.15) is 6.29 Å². The molecule has 0 unspecified atom stereocenters. The van der Waals surface area contributed by atoms with Crippen LogP contribution in [-0.2, 0) is 9.22 Å². The van der Waals surface area contributed by atoms with E-state index in [4.69, 9.17) is 16.0 Å². The second kappa shape index (κ2) is 7.83. The van der Waals surface area contributed by atoms with E-state index in [0.717, 1.165) is 30.0 Å². The number of hydrogen-bond donors (Lipinski definition) is 0. The first-order valence-corrected chi connectivity index (χ1v) is 9.86. The van der Waals surface area contributed by atoms with Crippen LogP contribution in [0.3, 0.4) is 0 Å². The molecule has 0 N–H and O–H groups in total. The Morgan fingerprint density at radius 1 is 1.26 bits per heavy atom. The Morgan fingerprint density at radius 2 is 1.89 bits per heavy atom. The summed E-state index contributed by atoms with van der Waals surface area (Å²) < 4.78 is 6.19. The van der Waals surface area contributed by atoms with Gasteiger partial charge < -0.3 is 9.22 Å². The Labute approximate surface area is 122 Å². The minimum atomic E-state index is -1.63. The van der Waals surface area contributed by atoms with Crippen molar-refractivity contribution in [2.45, 2.75) is 44.8 Å². The summed E-state index contributed by atoms with van der Waals surface area (Å²) in [5.74, 6) is -0.213. The lowest BCUT2D eigenvalue weighted by atomic mass is 10.0. The molecule has 0 saturated carbocycles. The normalized spacial score (nSPS) is 13.3. The van der Waals surface area contributed by atoms with Crippen LogP contribution in [0.25, 0.3) is 0 Å². The van der Waals surface area contributed by atoms with Crippen LogP contribution < -0.4 is 0 Å². The molecule has 0 bridgehead atoms. The molecule has 1 aromatic carbocycles. The molecule has 1 atom stereocenters. The van der Waals surface area contributed by atoms with Crippen LogP contribution in [0, 0.1) is 0 Å². The maximum absolute atomic E-state index is 11.3. The highest BCUT2D eigenvalue weighted by molar-refractivity contribution is 6.73. The number of aldehydes is 1. The van der Waals surface area contributed by atoms with Gasteiger partial charge >= 0.3 is 0 Å². The molecule has 0 aromatic heterocycles. The molecule has 0 amide bonds. The minimum Gasteiger partial charge on any atom is -0.416 e. The number of hydrogen-bond acceptors (Lipinski definition) is 2. The van der Waals surface area contributed by atoms with E-state index < -0.39 is 8.32 Å². The largest absolute Gasteiger partial charge is 0.416 e. The molecular weight excluding hydrogens is 276 g/mol. The third-order valence-corrected chi connectivity index (χ3v) is 8.82. The summed E-state index contributed by atoms with van der Waals surface area (Å²) in [5.41, 5.74) is 0.939. The molecule has 4 heteroatoms. The summed E-state index contributed by atoms with van der Waals surface area (Å²) in [4.78, 5) is 11.3. The van der Waals surface area contributed by atoms with Crippen LogP contribution in [0.2, 0.25) is 23.2 Å². The molecule has 0 fully saturated rings. The van der Waals surface area contributed by atoms with Crippen LogP contribution in [0.5, 0.6) is 0 Å². The highest BCUT2D eigenvalue weighted by atomic mass is 35.5. The van der Waals surface area contributed by atoms with Gasteiger partial charge in [0.15, 0.2) is 8.32 Å². The van der Waals surface area contributed by atoms with Crippen molar-refractivity contribution in [1.29, 1.82) is 0 Å². The van der Waals surface area contributed by atoms with Crippen LogP contribution in [-0.4, -0.2) is 21.2 Å². The van der Waals surface area contributed by atoms with Crippen molar-refractivity contribution in [3.8, 4) is 0 Å². The lowest BCUT2D eigenvalue weighted by Gasteiger charge is -2.29. The number of rotatable bonds is 8. The topological polar surface area (TPSA) is 26.3 Å². The molecule has 0 spiro atoms. The SMILES string of the molecule is CC[Si](CC)(CC)OC[C@H](C=O)c1cccc(Cl)c1. The monoisotopic (exact) mass is 298 g/mol. The summed E-state index contributed by atoms with van der Waals surface area (Å²) in [6, 6.07) is 10.8. The number of benzene rings is 1. The number of carbonyl (C=O) groups excluding carboxylic acids is 1. The smallest absolute Gasteiger partial charge is 0.192 e. The van der Waals surface area contributed by atoms with Crippen molar-refractivity contribution >= 4 is 26.2 Å². The molecule has 1 aromatic rings. The van der Waals surface area contributed by atoms with Crippen molar-refractivity contribution in [1.82, 2.24) is 0 Å². The Morgan fingerprint density at radius 3 is 2.37 bits per heavy atom. The lowest BCUT2D eigenvalue weighted by Crippen LogP contribution is -2.37. The van der Waals surface area contributed by atoms with E-state index in [9.17, 15) is 4.79 Å². The van der Waals surface area contributed by atoms with Crippen LogP contribution in [0.1, 0.15) is 32.3 Å². The Hall–Kier alpha value is -0.643. The molecule has 2 nitrogen and oxygen atoms in total. The van der Waals surface area contributed by atoms with E-state index in [2.05, 4.69) is 20.8 Å². The average Bonchev–Trinajstić information content (AvgIpc) is 2.44. The lowest BCUT2D eigenvalue weighted by molar-refractivity contribution is -0.109. The summed E-state index contributed by atoms with van der Waals surface area (Å²) in [6.45, 7) is 7.04. The Kier molecular flexibility index (Phi) is 6.76. The fraction of sp³-hybridized carbons (Fsp3) is 0.533. The third kappa shape index (κ3) is 4.44. The van der Waals surface area contributed by atoms with E-state index >= 15 is 0 Å². The molecule has 19 heavy (non-hydrogen) atoms. The van der Waals surface area contributed by atoms with Gasteiger partial charge in [-0.1, -0.05) is 44.5 Å². The van der Waals surface area contributed by atoms with Crippen LogP contribution in [0.4, 0.5) is 0 Å². The van der Waals surface area contributed by atoms with E-state index in [1.165, 1.54) is 0 Å². The van der Waals surface area contributed by atoms with Gasteiger partial charge in [-0.05, 0) is 35.8 Å². The molecule has 0 radical (unpaired) electrons. The first kappa shape index (κ1) is 16.4. The van der Waals surface area contributed by atoms with Gasteiger partial charge in [-0.15, -0.1) is 0 Å². The van der Waals surface area contributed by atoms with Gasteiger partial charge in [0.25, 0.3) is 0 Å². The van der Waals surface area contributed by atoms with Crippen molar-refractivity contribution in [2.75, 3.05) is 6.61 Å².